The summed E-state index contributed by atoms with van der Waals surface area (Å²) in [5.74, 6) is 0. The standard InChI is InChI=1S/C10H21NO2/c1-10(2,3)13-7-6-12-9-4-5-11-8-9/h9,11H,4-8H2,1-3H3. The van der Waals surface area contributed by atoms with Gasteiger partial charge in [-0.3, -0.25) is 0 Å². The molecule has 1 aliphatic heterocycles. The molecule has 0 aromatic rings. The summed E-state index contributed by atoms with van der Waals surface area (Å²) in [6, 6.07) is 0. The minimum absolute atomic E-state index is 0.0444. The molecule has 1 rings (SSSR count). The zero-order valence-electron chi connectivity index (χ0n) is 8.93. The maximum absolute atomic E-state index is 5.61. The Morgan fingerprint density at radius 1 is 1.31 bits per heavy atom. The van der Waals surface area contributed by atoms with Gasteiger partial charge in [-0.25, -0.2) is 0 Å². The fourth-order valence-corrected chi connectivity index (χ4v) is 1.33. The molecule has 0 amide bonds. The SMILES string of the molecule is CC(C)(C)OCCOC1CCNC1. The Labute approximate surface area is 80.8 Å². The second-order valence-corrected chi connectivity index (χ2v) is 4.45. The third kappa shape index (κ3) is 5.24. The van der Waals surface area contributed by atoms with Crippen LogP contribution < -0.4 is 5.32 Å². The number of hydrogen-bond donors (Lipinski definition) is 1. The maximum Gasteiger partial charge on any atom is 0.0712 e. The van der Waals surface area contributed by atoms with Gasteiger partial charge in [0, 0.05) is 6.54 Å². The van der Waals surface area contributed by atoms with Gasteiger partial charge in [-0.1, -0.05) is 0 Å². The monoisotopic (exact) mass is 187 g/mol. The summed E-state index contributed by atoms with van der Waals surface area (Å²) in [6.07, 6.45) is 1.54. The van der Waals surface area contributed by atoms with E-state index < -0.39 is 0 Å². The third-order valence-electron chi connectivity index (χ3n) is 1.99. The van der Waals surface area contributed by atoms with Crippen LogP contribution in [0.25, 0.3) is 0 Å². The van der Waals surface area contributed by atoms with Crippen LogP contribution in [0.4, 0.5) is 0 Å². The van der Waals surface area contributed by atoms with Crippen molar-refractivity contribution in [2.75, 3.05) is 26.3 Å². The molecule has 1 saturated heterocycles. The fourth-order valence-electron chi connectivity index (χ4n) is 1.33. The smallest absolute Gasteiger partial charge is 0.0712 e. The van der Waals surface area contributed by atoms with E-state index in [0.717, 1.165) is 19.5 Å². The Hall–Kier alpha value is -0.120. The van der Waals surface area contributed by atoms with Crippen LogP contribution in [0.2, 0.25) is 0 Å². The normalized spacial score (nSPS) is 23.8. The van der Waals surface area contributed by atoms with Crippen molar-refractivity contribution in [1.29, 1.82) is 0 Å². The van der Waals surface area contributed by atoms with Crippen LogP contribution in [-0.2, 0) is 9.47 Å². The Balaban J connectivity index is 1.94. The molecule has 0 spiro atoms. The highest BCUT2D eigenvalue weighted by Crippen LogP contribution is 2.07. The Morgan fingerprint density at radius 3 is 2.62 bits per heavy atom. The summed E-state index contributed by atoms with van der Waals surface area (Å²) in [6.45, 7) is 9.67. The van der Waals surface area contributed by atoms with E-state index in [0.29, 0.717) is 19.3 Å². The molecule has 1 aliphatic rings. The summed E-state index contributed by atoms with van der Waals surface area (Å²) < 4.78 is 11.2. The molecule has 1 heterocycles. The lowest BCUT2D eigenvalue weighted by Gasteiger charge is -2.20. The van der Waals surface area contributed by atoms with Gasteiger partial charge < -0.3 is 14.8 Å². The molecule has 0 radical (unpaired) electrons. The highest BCUT2D eigenvalue weighted by Gasteiger charge is 2.15. The fraction of sp³-hybridized carbons (Fsp3) is 1.00. The van der Waals surface area contributed by atoms with Gasteiger partial charge in [-0.15, -0.1) is 0 Å². The third-order valence-corrected chi connectivity index (χ3v) is 1.99. The minimum Gasteiger partial charge on any atom is -0.374 e. The van der Waals surface area contributed by atoms with Gasteiger partial charge in [0.15, 0.2) is 0 Å². The summed E-state index contributed by atoms with van der Waals surface area (Å²) in [5.41, 5.74) is -0.0444. The first-order valence-corrected chi connectivity index (χ1v) is 5.04. The first-order chi connectivity index (χ1) is 6.08. The van der Waals surface area contributed by atoms with Gasteiger partial charge in [0.25, 0.3) is 0 Å². The summed E-state index contributed by atoms with van der Waals surface area (Å²) in [4.78, 5) is 0. The van der Waals surface area contributed by atoms with Crippen molar-refractivity contribution < 1.29 is 9.47 Å². The van der Waals surface area contributed by atoms with Crippen LogP contribution in [0.1, 0.15) is 27.2 Å². The van der Waals surface area contributed by atoms with Gasteiger partial charge in [0.05, 0.1) is 24.9 Å². The second kappa shape index (κ2) is 4.94. The van der Waals surface area contributed by atoms with Crippen molar-refractivity contribution in [2.24, 2.45) is 0 Å². The average molecular weight is 187 g/mol. The molecule has 0 bridgehead atoms. The molecule has 1 N–H and O–H groups in total. The van der Waals surface area contributed by atoms with Crippen LogP contribution >= 0.6 is 0 Å². The van der Waals surface area contributed by atoms with Crippen molar-refractivity contribution >= 4 is 0 Å². The highest BCUT2D eigenvalue weighted by atomic mass is 16.5. The Bertz CT molecular complexity index is 136. The Kier molecular flexibility index (Phi) is 4.16. The molecule has 1 atom stereocenters. The van der Waals surface area contributed by atoms with Gasteiger partial charge in [0.2, 0.25) is 0 Å². The summed E-state index contributed by atoms with van der Waals surface area (Å²) in [5, 5.41) is 3.26. The van der Waals surface area contributed by atoms with E-state index in [9.17, 15) is 0 Å². The van der Waals surface area contributed by atoms with Crippen molar-refractivity contribution in [3.8, 4) is 0 Å². The molecule has 3 nitrogen and oxygen atoms in total. The van der Waals surface area contributed by atoms with Gasteiger partial charge >= 0.3 is 0 Å². The zero-order valence-corrected chi connectivity index (χ0v) is 8.93. The van der Waals surface area contributed by atoms with Crippen LogP contribution in [0.3, 0.4) is 0 Å². The summed E-state index contributed by atoms with van der Waals surface area (Å²) in [7, 11) is 0. The van der Waals surface area contributed by atoms with E-state index in [1.807, 2.05) is 0 Å². The molecular formula is C10H21NO2. The molecular weight excluding hydrogens is 166 g/mol. The molecule has 0 aromatic heterocycles. The number of rotatable bonds is 4. The predicted octanol–water partition coefficient (Wildman–Crippen LogP) is 1.18. The van der Waals surface area contributed by atoms with Crippen molar-refractivity contribution in [1.82, 2.24) is 5.32 Å². The second-order valence-electron chi connectivity index (χ2n) is 4.45. The van der Waals surface area contributed by atoms with Crippen LogP contribution in [-0.4, -0.2) is 38.0 Å². The number of nitrogens with one attached hydrogen (secondary N) is 1. The molecule has 0 aliphatic carbocycles. The van der Waals surface area contributed by atoms with Crippen molar-refractivity contribution in [2.45, 2.75) is 38.9 Å². The van der Waals surface area contributed by atoms with E-state index in [4.69, 9.17) is 9.47 Å². The molecule has 78 valence electrons. The number of hydrogen-bond acceptors (Lipinski definition) is 3. The molecule has 0 saturated carbocycles. The lowest BCUT2D eigenvalue weighted by molar-refractivity contribution is -0.0480. The predicted molar refractivity (Wildman–Crippen MR) is 52.9 cm³/mol. The van der Waals surface area contributed by atoms with Crippen LogP contribution in [0, 0.1) is 0 Å². The topological polar surface area (TPSA) is 30.5 Å². The van der Waals surface area contributed by atoms with Crippen molar-refractivity contribution in [3.63, 3.8) is 0 Å². The Morgan fingerprint density at radius 2 is 2.08 bits per heavy atom. The molecule has 1 unspecified atom stereocenters. The molecule has 3 heteroatoms. The van der Waals surface area contributed by atoms with E-state index in [-0.39, 0.29) is 5.60 Å². The summed E-state index contributed by atoms with van der Waals surface area (Å²) >= 11 is 0. The van der Waals surface area contributed by atoms with Gasteiger partial charge in [-0.05, 0) is 33.7 Å². The van der Waals surface area contributed by atoms with Gasteiger partial charge in [0.1, 0.15) is 0 Å². The van der Waals surface area contributed by atoms with Crippen LogP contribution in [0.5, 0.6) is 0 Å². The van der Waals surface area contributed by atoms with Crippen LogP contribution in [0.15, 0.2) is 0 Å². The lowest BCUT2D eigenvalue weighted by Crippen LogP contribution is -2.24. The highest BCUT2D eigenvalue weighted by molar-refractivity contribution is 4.70. The molecule has 13 heavy (non-hydrogen) atoms. The van der Waals surface area contributed by atoms with Crippen molar-refractivity contribution in [3.05, 3.63) is 0 Å². The molecule has 0 aromatic carbocycles. The van der Waals surface area contributed by atoms with E-state index in [1.54, 1.807) is 0 Å². The largest absolute Gasteiger partial charge is 0.374 e. The van der Waals surface area contributed by atoms with E-state index >= 15 is 0 Å². The van der Waals surface area contributed by atoms with Gasteiger partial charge in [-0.2, -0.15) is 0 Å². The van der Waals surface area contributed by atoms with E-state index in [2.05, 4.69) is 26.1 Å². The quantitative estimate of drug-likeness (QED) is 0.670. The lowest BCUT2D eigenvalue weighted by atomic mass is 10.2. The first-order valence-electron chi connectivity index (χ1n) is 5.04. The minimum atomic E-state index is -0.0444. The number of ether oxygens (including phenoxy) is 2. The maximum atomic E-state index is 5.61. The molecule has 1 fully saturated rings. The average Bonchev–Trinajstić information content (AvgIpc) is 2.48. The first kappa shape index (κ1) is 11.0. The van der Waals surface area contributed by atoms with E-state index in [1.165, 1.54) is 0 Å². The zero-order chi connectivity index (χ0) is 9.73.